The Kier molecular flexibility index (Phi) is 53.8. The lowest BCUT2D eigenvalue weighted by molar-refractivity contribution is -0.167. The molecule has 6 nitrogen and oxygen atoms in total. The molecule has 0 aromatic heterocycles. The summed E-state index contributed by atoms with van der Waals surface area (Å²) in [7, 11) is 0. The minimum atomic E-state index is -0.777. The topological polar surface area (TPSA) is 78.9 Å². The van der Waals surface area contributed by atoms with Gasteiger partial charge in [0.1, 0.15) is 13.2 Å². The maximum Gasteiger partial charge on any atom is 0.306 e. The second-order valence-corrected chi connectivity index (χ2v) is 19.6. The van der Waals surface area contributed by atoms with Crippen molar-refractivity contribution in [3.63, 3.8) is 0 Å². The molecule has 0 heterocycles. The molecular formula is C61H110O6. The average Bonchev–Trinajstić information content (AvgIpc) is 3.33. The van der Waals surface area contributed by atoms with E-state index in [-0.39, 0.29) is 31.1 Å². The molecule has 1 unspecified atom stereocenters. The molecule has 6 heteroatoms. The van der Waals surface area contributed by atoms with Crippen molar-refractivity contribution < 1.29 is 28.6 Å². The highest BCUT2D eigenvalue weighted by molar-refractivity contribution is 5.71. The number of hydrogen-bond acceptors (Lipinski definition) is 6. The number of allylic oxidation sites excluding steroid dienone is 8. The summed E-state index contributed by atoms with van der Waals surface area (Å²) >= 11 is 0. The third-order valence-corrected chi connectivity index (χ3v) is 12.9. The van der Waals surface area contributed by atoms with Crippen LogP contribution in [0.2, 0.25) is 0 Å². The van der Waals surface area contributed by atoms with Gasteiger partial charge in [-0.15, -0.1) is 0 Å². The van der Waals surface area contributed by atoms with E-state index in [4.69, 9.17) is 14.2 Å². The maximum absolute atomic E-state index is 12.9. The van der Waals surface area contributed by atoms with E-state index in [0.29, 0.717) is 19.3 Å². The van der Waals surface area contributed by atoms with Crippen molar-refractivity contribution in [2.45, 2.75) is 309 Å². The molecule has 0 saturated heterocycles. The Morgan fingerprint density at radius 1 is 0.313 bits per heavy atom. The summed E-state index contributed by atoms with van der Waals surface area (Å²) in [6, 6.07) is 0. The Morgan fingerprint density at radius 3 is 0.940 bits per heavy atom. The first-order valence-electron chi connectivity index (χ1n) is 29.2. The number of hydrogen-bond donors (Lipinski definition) is 0. The average molecular weight is 940 g/mol. The van der Waals surface area contributed by atoms with Gasteiger partial charge in [0.2, 0.25) is 0 Å². The largest absolute Gasteiger partial charge is 0.462 e. The van der Waals surface area contributed by atoms with Crippen LogP contribution < -0.4 is 0 Å². The first kappa shape index (κ1) is 64.4. The number of esters is 3. The molecule has 390 valence electrons. The van der Waals surface area contributed by atoms with Gasteiger partial charge in [0, 0.05) is 19.3 Å². The summed E-state index contributed by atoms with van der Waals surface area (Å²) < 4.78 is 16.9. The van der Waals surface area contributed by atoms with Crippen molar-refractivity contribution in [3.8, 4) is 0 Å². The molecule has 0 bridgehead atoms. The fraction of sp³-hybridized carbons (Fsp3) is 0.820. The molecule has 0 aliphatic carbocycles. The van der Waals surface area contributed by atoms with Crippen LogP contribution in [0, 0.1) is 0 Å². The van der Waals surface area contributed by atoms with Crippen LogP contribution in [-0.4, -0.2) is 37.2 Å². The summed E-state index contributed by atoms with van der Waals surface area (Å²) in [4.78, 5) is 38.2. The first-order chi connectivity index (χ1) is 33.0. The Hall–Kier alpha value is -2.63. The van der Waals surface area contributed by atoms with E-state index in [0.717, 1.165) is 70.6 Å². The van der Waals surface area contributed by atoms with E-state index in [9.17, 15) is 14.4 Å². The van der Waals surface area contributed by atoms with Gasteiger partial charge in [0.15, 0.2) is 6.10 Å². The standard InChI is InChI=1S/C61H110O6/c1-4-7-10-13-16-19-22-25-28-30-33-36-39-42-45-48-51-54-60(63)66-57-58(56-65-59(62)53-50-47-44-41-38-35-32-27-24-21-18-15-12-9-6-3)67-61(64)55-52-49-46-43-40-37-34-31-29-26-23-20-17-14-11-8-5-2/h9,12,15,18,21,24-25,28,58H,4-8,10-11,13-14,16-17,19-20,22-23,26-27,29-57H2,1-3H3/b12-9-,18-15-,24-21-,28-25-. The first-order valence-corrected chi connectivity index (χ1v) is 29.2. The predicted molar refractivity (Wildman–Crippen MR) is 289 cm³/mol. The smallest absolute Gasteiger partial charge is 0.306 e. The van der Waals surface area contributed by atoms with Crippen molar-refractivity contribution >= 4 is 17.9 Å². The summed E-state index contributed by atoms with van der Waals surface area (Å²) in [5.74, 6) is -0.876. The normalized spacial score (nSPS) is 12.3. The lowest BCUT2D eigenvalue weighted by Gasteiger charge is -2.18. The fourth-order valence-electron chi connectivity index (χ4n) is 8.50. The van der Waals surface area contributed by atoms with Gasteiger partial charge in [-0.25, -0.2) is 0 Å². The predicted octanol–water partition coefficient (Wildman–Crippen LogP) is 19.4. The fourth-order valence-corrected chi connectivity index (χ4v) is 8.50. The molecule has 0 spiro atoms. The quantitative estimate of drug-likeness (QED) is 0.0199. The molecule has 0 aromatic carbocycles. The Balaban J connectivity index is 4.36. The molecule has 0 radical (unpaired) electrons. The van der Waals surface area contributed by atoms with Gasteiger partial charge in [0.05, 0.1) is 0 Å². The highest BCUT2D eigenvalue weighted by Crippen LogP contribution is 2.17. The van der Waals surface area contributed by atoms with Crippen LogP contribution in [0.15, 0.2) is 48.6 Å². The molecule has 1 atom stereocenters. The molecular weight excluding hydrogens is 829 g/mol. The Labute approximate surface area is 416 Å². The second-order valence-electron chi connectivity index (χ2n) is 19.6. The molecule has 0 aliphatic rings. The van der Waals surface area contributed by atoms with E-state index in [1.165, 1.54) is 193 Å². The number of ether oxygens (including phenoxy) is 3. The van der Waals surface area contributed by atoms with Gasteiger partial charge in [0.25, 0.3) is 0 Å². The molecule has 0 N–H and O–H groups in total. The minimum Gasteiger partial charge on any atom is -0.462 e. The molecule has 0 aliphatic heterocycles. The lowest BCUT2D eigenvalue weighted by atomic mass is 10.0. The molecule has 67 heavy (non-hydrogen) atoms. The van der Waals surface area contributed by atoms with E-state index < -0.39 is 6.10 Å². The van der Waals surface area contributed by atoms with Crippen LogP contribution in [0.1, 0.15) is 303 Å². The van der Waals surface area contributed by atoms with Gasteiger partial charge in [-0.1, -0.05) is 268 Å². The van der Waals surface area contributed by atoms with E-state index >= 15 is 0 Å². The summed E-state index contributed by atoms with van der Waals surface area (Å²) in [6.45, 7) is 6.53. The maximum atomic E-state index is 12.9. The van der Waals surface area contributed by atoms with Gasteiger partial charge in [-0.3, -0.25) is 14.4 Å². The van der Waals surface area contributed by atoms with E-state index in [1.54, 1.807) is 0 Å². The molecule has 0 saturated carbocycles. The van der Waals surface area contributed by atoms with Gasteiger partial charge in [-0.05, 0) is 64.2 Å². The van der Waals surface area contributed by atoms with Crippen LogP contribution in [-0.2, 0) is 28.6 Å². The Bertz CT molecular complexity index is 1170. The molecule has 0 rings (SSSR count). The summed E-state index contributed by atoms with van der Waals surface area (Å²) in [6.07, 6.45) is 68.1. The molecule has 0 fully saturated rings. The minimum absolute atomic E-state index is 0.0763. The zero-order valence-electron chi connectivity index (χ0n) is 44.7. The molecule has 0 amide bonds. The van der Waals surface area contributed by atoms with Crippen molar-refractivity contribution in [2.75, 3.05) is 13.2 Å². The van der Waals surface area contributed by atoms with E-state index in [2.05, 4.69) is 69.4 Å². The van der Waals surface area contributed by atoms with Gasteiger partial charge < -0.3 is 14.2 Å². The van der Waals surface area contributed by atoms with Crippen LogP contribution in [0.5, 0.6) is 0 Å². The monoisotopic (exact) mass is 939 g/mol. The van der Waals surface area contributed by atoms with Gasteiger partial charge in [-0.2, -0.15) is 0 Å². The van der Waals surface area contributed by atoms with Crippen molar-refractivity contribution in [3.05, 3.63) is 48.6 Å². The summed E-state index contributed by atoms with van der Waals surface area (Å²) in [5.41, 5.74) is 0. The highest BCUT2D eigenvalue weighted by Gasteiger charge is 2.19. The van der Waals surface area contributed by atoms with Crippen molar-refractivity contribution in [1.82, 2.24) is 0 Å². The van der Waals surface area contributed by atoms with Crippen molar-refractivity contribution in [1.29, 1.82) is 0 Å². The summed E-state index contributed by atoms with van der Waals surface area (Å²) in [5, 5.41) is 0. The van der Waals surface area contributed by atoms with Crippen LogP contribution in [0.25, 0.3) is 0 Å². The zero-order chi connectivity index (χ0) is 48.6. The zero-order valence-corrected chi connectivity index (χ0v) is 44.7. The van der Waals surface area contributed by atoms with E-state index in [1.807, 2.05) is 0 Å². The SMILES string of the molecule is CC\C=C/C=C\C=C/CCCCCCCCCC(=O)OCC(COC(=O)CCCCCCCCC/C=C\CCCCCCCC)OC(=O)CCCCCCCCCCCCCCCCCCC. The Morgan fingerprint density at radius 2 is 0.597 bits per heavy atom. The lowest BCUT2D eigenvalue weighted by Crippen LogP contribution is -2.30. The van der Waals surface area contributed by atoms with Crippen molar-refractivity contribution in [2.24, 2.45) is 0 Å². The number of carbonyl (C=O) groups is 3. The van der Waals surface area contributed by atoms with Crippen LogP contribution >= 0.6 is 0 Å². The molecule has 0 aromatic rings. The van der Waals surface area contributed by atoms with Crippen LogP contribution in [0.3, 0.4) is 0 Å². The highest BCUT2D eigenvalue weighted by atomic mass is 16.6. The number of rotatable bonds is 53. The second kappa shape index (κ2) is 56.0. The third-order valence-electron chi connectivity index (χ3n) is 12.9. The number of unbranched alkanes of at least 4 members (excludes halogenated alkanes) is 36. The van der Waals surface area contributed by atoms with Crippen LogP contribution in [0.4, 0.5) is 0 Å². The van der Waals surface area contributed by atoms with Gasteiger partial charge >= 0.3 is 17.9 Å². The number of carbonyl (C=O) groups excluding carboxylic acids is 3. The third kappa shape index (κ3) is 54.2.